The summed E-state index contributed by atoms with van der Waals surface area (Å²) in [6.07, 6.45) is 11.1. The van der Waals surface area contributed by atoms with E-state index in [1.165, 1.54) is 32.1 Å². The molecule has 0 spiro atoms. The van der Waals surface area contributed by atoms with E-state index in [2.05, 4.69) is 9.55 Å². The lowest BCUT2D eigenvalue weighted by Crippen LogP contribution is -2.33. The van der Waals surface area contributed by atoms with Crippen LogP contribution in [0.3, 0.4) is 0 Å². The van der Waals surface area contributed by atoms with Gasteiger partial charge in [0, 0.05) is 18.9 Å². The summed E-state index contributed by atoms with van der Waals surface area (Å²) in [6, 6.07) is 0. The first kappa shape index (κ1) is 9.25. The Morgan fingerprint density at radius 2 is 2.13 bits per heavy atom. The number of imidazole rings is 1. The van der Waals surface area contributed by atoms with Gasteiger partial charge in [0.2, 0.25) is 0 Å². The van der Waals surface area contributed by atoms with Crippen molar-refractivity contribution in [3.05, 3.63) is 12.4 Å². The van der Waals surface area contributed by atoms with E-state index < -0.39 is 0 Å². The van der Waals surface area contributed by atoms with Gasteiger partial charge >= 0.3 is 0 Å². The molecule has 0 radical (unpaired) electrons. The Bertz CT molecular complexity index is 336. The highest BCUT2D eigenvalue weighted by Crippen LogP contribution is 2.45. The first-order chi connectivity index (χ1) is 7.33. The van der Waals surface area contributed by atoms with Gasteiger partial charge in [0.25, 0.3) is 0 Å². The number of aromatic nitrogens is 2. The Hall–Kier alpha value is -0.990. The highest BCUT2D eigenvalue weighted by atomic mass is 15.1. The van der Waals surface area contributed by atoms with Gasteiger partial charge in [-0.1, -0.05) is 12.8 Å². The average molecular weight is 205 g/mol. The van der Waals surface area contributed by atoms with Crippen LogP contribution in [0, 0.1) is 17.8 Å². The van der Waals surface area contributed by atoms with Crippen LogP contribution in [0.15, 0.2) is 12.4 Å². The Morgan fingerprint density at radius 1 is 1.33 bits per heavy atom. The average Bonchev–Trinajstić information content (AvgIpc) is 2.66. The molecule has 0 aromatic carbocycles. The number of nitrogens with zero attached hydrogens (tertiary/aromatic N) is 2. The smallest absolute Gasteiger partial charge is 0.200 e. The maximum absolute atomic E-state index is 5.81. The van der Waals surface area contributed by atoms with E-state index in [1.807, 2.05) is 6.20 Å². The molecule has 15 heavy (non-hydrogen) atoms. The minimum absolute atomic E-state index is 0.677. The first-order valence-corrected chi connectivity index (χ1v) is 6.09. The lowest BCUT2D eigenvalue weighted by molar-refractivity contribution is 0.0873. The molecular formula is C12H19N3. The van der Waals surface area contributed by atoms with Crippen LogP contribution in [0.25, 0.3) is 0 Å². The van der Waals surface area contributed by atoms with E-state index in [4.69, 9.17) is 5.73 Å². The fraction of sp³-hybridized carbons (Fsp3) is 0.750. The molecule has 2 N–H and O–H groups in total. The summed E-state index contributed by atoms with van der Waals surface area (Å²) >= 11 is 0. The zero-order valence-corrected chi connectivity index (χ0v) is 9.10. The Kier molecular flexibility index (Phi) is 2.19. The molecule has 3 saturated carbocycles. The Labute approximate surface area is 90.7 Å². The second kappa shape index (κ2) is 3.54. The minimum atomic E-state index is 0.677. The molecule has 0 amide bonds. The monoisotopic (exact) mass is 205 g/mol. The molecule has 1 unspecified atom stereocenters. The fourth-order valence-corrected chi connectivity index (χ4v) is 3.49. The summed E-state index contributed by atoms with van der Waals surface area (Å²) in [6.45, 7) is 1.09. The zero-order chi connectivity index (χ0) is 10.3. The second-order valence-corrected chi connectivity index (χ2v) is 5.21. The van der Waals surface area contributed by atoms with E-state index in [9.17, 15) is 0 Å². The van der Waals surface area contributed by atoms with Crippen LogP contribution >= 0.6 is 0 Å². The first-order valence-electron chi connectivity index (χ1n) is 6.09. The minimum Gasteiger partial charge on any atom is -0.369 e. The van der Waals surface area contributed by atoms with Gasteiger partial charge in [0.15, 0.2) is 5.95 Å². The third-order valence-electron chi connectivity index (χ3n) is 4.37. The largest absolute Gasteiger partial charge is 0.369 e. The van der Waals surface area contributed by atoms with Crippen molar-refractivity contribution in [2.45, 2.75) is 38.6 Å². The third kappa shape index (κ3) is 1.64. The molecular weight excluding hydrogens is 186 g/mol. The Balaban J connectivity index is 1.71. The van der Waals surface area contributed by atoms with E-state index >= 15 is 0 Å². The molecule has 82 valence electrons. The van der Waals surface area contributed by atoms with Gasteiger partial charge in [-0.2, -0.15) is 0 Å². The topological polar surface area (TPSA) is 43.8 Å². The Morgan fingerprint density at radius 3 is 2.67 bits per heavy atom. The van der Waals surface area contributed by atoms with Crippen LogP contribution in [0.5, 0.6) is 0 Å². The van der Waals surface area contributed by atoms with Crippen molar-refractivity contribution in [1.82, 2.24) is 9.55 Å². The van der Waals surface area contributed by atoms with Gasteiger partial charge in [-0.15, -0.1) is 0 Å². The lowest BCUT2D eigenvalue weighted by atomic mass is 9.65. The van der Waals surface area contributed by atoms with Crippen LogP contribution in [0.4, 0.5) is 5.95 Å². The molecule has 3 nitrogen and oxygen atoms in total. The molecule has 3 heteroatoms. The number of hydrogen-bond donors (Lipinski definition) is 1. The molecule has 2 bridgehead atoms. The van der Waals surface area contributed by atoms with Crippen LogP contribution in [0.2, 0.25) is 0 Å². The zero-order valence-electron chi connectivity index (χ0n) is 9.10. The van der Waals surface area contributed by atoms with Crippen LogP contribution in [-0.2, 0) is 6.54 Å². The molecule has 1 aromatic rings. The number of hydrogen-bond acceptors (Lipinski definition) is 2. The highest BCUT2D eigenvalue weighted by Gasteiger charge is 2.35. The van der Waals surface area contributed by atoms with E-state index in [1.54, 1.807) is 6.20 Å². The summed E-state index contributed by atoms with van der Waals surface area (Å²) in [4.78, 5) is 4.08. The molecule has 0 aliphatic heterocycles. The van der Waals surface area contributed by atoms with Gasteiger partial charge in [-0.05, 0) is 37.0 Å². The van der Waals surface area contributed by atoms with E-state index in [-0.39, 0.29) is 0 Å². The quantitative estimate of drug-likeness (QED) is 0.805. The molecule has 4 rings (SSSR count). The summed E-state index contributed by atoms with van der Waals surface area (Å²) in [7, 11) is 0. The van der Waals surface area contributed by atoms with Crippen LogP contribution in [-0.4, -0.2) is 9.55 Å². The maximum atomic E-state index is 5.81. The van der Waals surface area contributed by atoms with Crippen molar-refractivity contribution < 1.29 is 0 Å². The highest BCUT2D eigenvalue weighted by molar-refractivity contribution is 5.16. The van der Waals surface area contributed by atoms with E-state index in [0.717, 1.165) is 24.3 Å². The van der Waals surface area contributed by atoms with Crippen molar-refractivity contribution in [2.24, 2.45) is 17.8 Å². The number of fused-ring (bicyclic) bond motifs is 3. The normalized spacial score (nSPS) is 34.5. The summed E-state index contributed by atoms with van der Waals surface area (Å²) < 4.78 is 2.12. The molecule has 1 atom stereocenters. The molecule has 3 fully saturated rings. The number of anilines is 1. The molecule has 0 saturated heterocycles. The van der Waals surface area contributed by atoms with E-state index in [0.29, 0.717) is 5.95 Å². The maximum Gasteiger partial charge on any atom is 0.200 e. The third-order valence-corrected chi connectivity index (χ3v) is 4.37. The lowest BCUT2D eigenvalue weighted by Gasteiger charge is -2.42. The fourth-order valence-electron chi connectivity index (χ4n) is 3.49. The van der Waals surface area contributed by atoms with Gasteiger partial charge in [0.1, 0.15) is 0 Å². The SMILES string of the molecule is Nc1nccn1CC1CC2CCC1CC2. The summed E-state index contributed by atoms with van der Waals surface area (Å²) in [5.41, 5.74) is 5.81. The standard InChI is InChI=1S/C12H19N3/c13-12-14-5-6-15(12)8-11-7-9-1-3-10(11)4-2-9/h5-6,9-11H,1-4,7-8H2,(H2,13,14). The summed E-state index contributed by atoms with van der Waals surface area (Å²) in [5, 5.41) is 0. The van der Waals surface area contributed by atoms with Gasteiger partial charge in [-0.3, -0.25) is 0 Å². The van der Waals surface area contributed by atoms with Crippen molar-refractivity contribution in [3.63, 3.8) is 0 Å². The van der Waals surface area contributed by atoms with Crippen molar-refractivity contribution in [3.8, 4) is 0 Å². The van der Waals surface area contributed by atoms with Crippen molar-refractivity contribution >= 4 is 5.95 Å². The van der Waals surface area contributed by atoms with Gasteiger partial charge in [-0.25, -0.2) is 4.98 Å². The van der Waals surface area contributed by atoms with Crippen LogP contribution < -0.4 is 5.73 Å². The predicted molar refractivity (Wildman–Crippen MR) is 60.2 cm³/mol. The number of nitrogen functional groups attached to an aromatic ring is 1. The summed E-state index contributed by atoms with van der Waals surface area (Å²) in [5.74, 6) is 3.49. The number of rotatable bonds is 2. The molecule has 1 heterocycles. The van der Waals surface area contributed by atoms with Gasteiger partial charge < -0.3 is 10.3 Å². The molecule has 3 aliphatic carbocycles. The molecule has 1 aromatic heterocycles. The molecule has 3 aliphatic rings. The van der Waals surface area contributed by atoms with Gasteiger partial charge in [0.05, 0.1) is 0 Å². The number of nitrogens with two attached hydrogens (primary N) is 1. The van der Waals surface area contributed by atoms with Crippen molar-refractivity contribution in [1.29, 1.82) is 0 Å². The predicted octanol–water partition coefficient (Wildman–Crippen LogP) is 2.29. The second-order valence-electron chi connectivity index (χ2n) is 5.21. The van der Waals surface area contributed by atoms with Crippen molar-refractivity contribution in [2.75, 3.05) is 5.73 Å². The van der Waals surface area contributed by atoms with Crippen LogP contribution in [0.1, 0.15) is 32.1 Å².